The molecule has 2 aliphatic carbocycles. The molecule has 0 spiro atoms. The summed E-state index contributed by atoms with van der Waals surface area (Å²) in [7, 11) is 0. The van der Waals surface area contributed by atoms with Crippen molar-refractivity contribution in [3.05, 3.63) is 75.0 Å². The van der Waals surface area contributed by atoms with Crippen LogP contribution in [0.15, 0.2) is 11.3 Å². The third-order valence-corrected chi connectivity index (χ3v) is 3.60. The Labute approximate surface area is 182 Å². The molecule has 2 fully saturated rings. The van der Waals surface area contributed by atoms with Crippen molar-refractivity contribution in [2.75, 3.05) is 26.4 Å². The molecule has 0 aromatic heterocycles. The summed E-state index contributed by atoms with van der Waals surface area (Å²) in [5.74, 6) is 0.505. The second-order valence-electron chi connectivity index (χ2n) is 6.00. The van der Waals surface area contributed by atoms with Gasteiger partial charge < -0.3 is 14.8 Å². The summed E-state index contributed by atoms with van der Waals surface area (Å²) in [4.78, 5) is 12.0. The Hall–Kier alpha value is -1.02. The molecule has 0 aromatic rings. The normalized spacial score (nSPS) is 17.1. The molecule has 1 N–H and O–H groups in total. The van der Waals surface area contributed by atoms with Crippen LogP contribution in [-0.4, -0.2) is 32.3 Å². The van der Waals surface area contributed by atoms with Gasteiger partial charge in [-0.1, -0.05) is 13.8 Å². The predicted octanol–water partition coefficient (Wildman–Crippen LogP) is 3.01. The zero-order chi connectivity index (χ0) is 19.9. The fourth-order valence-corrected chi connectivity index (χ4v) is 2.26. The Morgan fingerprint density at radius 1 is 1.07 bits per heavy atom. The number of carbonyl (C=O) groups excluding carboxylic acids is 1. The van der Waals surface area contributed by atoms with Gasteiger partial charge in [-0.15, -0.1) is 0 Å². The van der Waals surface area contributed by atoms with Crippen LogP contribution in [0.3, 0.4) is 0 Å². The Morgan fingerprint density at radius 2 is 1.64 bits per heavy atom. The molecule has 150 valence electrons. The molecule has 6 heteroatoms. The molecular formula is C22H28FeN2O3+2. The maximum Gasteiger partial charge on any atom is 2.00 e. The molecule has 0 aliphatic heterocycles. The van der Waals surface area contributed by atoms with Crippen molar-refractivity contribution in [2.24, 2.45) is 5.92 Å². The van der Waals surface area contributed by atoms with Crippen LogP contribution in [0.4, 0.5) is 0 Å². The maximum atomic E-state index is 12.0. The average Bonchev–Trinajstić information content (AvgIpc) is 3.38. The number of nitrogens with zero attached hydrogens (tertiary/aromatic N) is 1. The number of carbonyl (C=O) groups is 1. The van der Waals surface area contributed by atoms with Gasteiger partial charge in [-0.25, -0.2) is 4.79 Å². The summed E-state index contributed by atoms with van der Waals surface area (Å²) < 4.78 is 10.2. The van der Waals surface area contributed by atoms with Crippen molar-refractivity contribution in [1.29, 1.82) is 5.26 Å². The van der Waals surface area contributed by atoms with Crippen LogP contribution >= 0.6 is 0 Å². The first-order chi connectivity index (χ1) is 13.1. The third-order valence-electron chi connectivity index (χ3n) is 3.60. The van der Waals surface area contributed by atoms with Crippen LogP contribution in [0, 0.1) is 81.0 Å². The van der Waals surface area contributed by atoms with Crippen molar-refractivity contribution in [3.63, 3.8) is 0 Å². The van der Waals surface area contributed by atoms with E-state index in [2.05, 4.69) is 5.32 Å². The molecule has 0 bridgehead atoms. The van der Waals surface area contributed by atoms with Crippen LogP contribution in [0.1, 0.15) is 20.8 Å². The van der Waals surface area contributed by atoms with Gasteiger partial charge in [0.15, 0.2) is 5.57 Å². The zero-order valence-corrected chi connectivity index (χ0v) is 17.7. The Bertz CT molecular complexity index is 483. The number of allylic oxidation sites excluding steroid dienone is 1. The smallest absolute Gasteiger partial charge is 0.459 e. The quantitative estimate of drug-likeness (QED) is 0.203. The van der Waals surface area contributed by atoms with Crippen molar-refractivity contribution in [3.8, 4) is 6.07 Å². The molecule has 0 amide bonds. The maximum absolute atomic E-state index is 12.0. The fourth-order valence-electron chi connectivity index (χ4n) is 2.26. The molecule has 0 heterocycles. The Morgan fingerprint density at radius 3 is 2.11 bits per heavy atom. The average molecular weight is 424 g/mol. The summed E-state index contributed by atoms with van der Waals surface area (Å²) in [5.41, 5.74) is 0.628. The summed E-state index contributed by atoms with van der Waals surface area (Å²) >= 11 is 0. The van der Waals surface area contributed by atoms with Crippen LogP contribution < -0.4 is 5.32 Å². The minimum Gasteiger partial charge on any atom is -0.459 e. The standard InChI is InChI=1S/C17H23N2O3.C5H5.Fe/c1-4-21-9-10-22-17(20)15(11-18)16(13(2)3)19-12-14-7-5-6-8-14;1-2-4-5-3-1;/h5-8,13,19H,4,9-10,12H2,1-3H3;1-5H;/q;;+2/b16-15-;;. The van der Waals surface area contributed by atoms with Crippen molar-refractivity contribution >= 4 is 5.97 Å². The van der Waals surface area contributed by atoms with Crippen molar-refractivity contribution in [1.82, 2.24) is 5.32 Å². The largest absolute Gasteiger partial charge is 2.00 e. The first kappa shape index (κ1) is 27.0. The first-order valence-corrected chi connectivity index (χ1v) is 9.10. The molecule has 0 unspecified atom stereocenters. The summed E-state index contributed by atoms with van der Waals surface area (Å²) in [6.45, 7) is 7.34. The number of rotatable bonds is 9. The van der Waals surface area contributed by atoms with E-state index in [1.54, 1.807) is 0 Å². The number of nitriles is 1. The third kappa shape index (κ3) is 11.1. The first-order valence-electron chi connectivity index (χ1n) is 9.10. The summed E-state index contributed by atoms with van der Waals surface area (Å²) in [6, 6.07) is 1.96. The summed E-state index contributed by atoms with van der Waals surface area (Å²) in [5, 5.41) is 12.5. The van der Waals surface area contributed by atoms with E-state index in [1.165, 1.54) is 0 Å². The molecule has 0 aromatic carbocycles. The number of hydrogen-bond donors (Lipinski definition) is 1. The van der Waals surface area contributed by atoms with Crippen LogP contribution in [0.5, 0.6) is 0 Å². The van der Waals surface area contributed by atoms with E-state index >= 15 is 0 Å². The van der Waals surface area contributed by atoms with E-state index in [-0.39, 0.29) is 35.2 Å². The molecule has 0 saturated heterocycles. The predicted molar refractivity (Wildman–Crippen MR) is 105 cm³/mol. The van der Waals surface area contributed by atoms with Gasteiger partial charge in [0.05, 0.1) is 6.61 Å². The van der Waals surface area contributed by atoms with Gasteiger partial charge in [0, 0.05) is 24.8 Å². The molecule has 10 radical (unpaired) electrons. The zero-order valence-electron chi connectivity index (χ0n) is 16.6. The molecule has 0 atom stereocenters. The number of nitrogens with one attached hydrogen (secondary N) is 1. The number of ether oxygens (including phenoxy) is 2. The van der Waals surface area contributed by atoms with Gasteiger partial charge in [-0.3, -0.25) is 0 Å². The van der Waals surface area contributed by atoms with E-state index in [0.29, 0.717) is 25.5 Å². The summed E-state index contributed by atoms with van der Waals surface area (Å²) in [6.07, 6.45) is 17.9. The van der Waals surface area contributed by atoms with Gasteiger partial charge in [-0.2, -0.15) is 5.26 Å². The topological polar surface area (TPSA) is 71.3 Å². The minimum atomic E-state index is -0.610. The SMILES string of the molecule is CCOCCOC(=O)/C(C#N)=C(\NC[C]1[CH][CH][CH][CH]1)C(C)C.[CH]1[CH][CH][CH][CH]1.[Fe+2]. The minimum absolute atomic E-state index is 0. The van der Waals surface area contributed by atoms with Gasteiger partial charge in [0.25, 0.3) is 0 Å². The monoisotopic (exact) mass is 424 g/mol. The Kier molecular flexibility index (Phi) is 16.3. The van der Waals surface area contributed by atoms with E-state index in [1.807, 2.05) is 84.6 Å². The number of esters is 1. The Balaban J connectivity index is 0.00000105. The van der Waals surface area contributed by atoms with Gasteiger partial charge in [0.2, 0.25) is 0 Å². The van der Waals surface area contributed by atoms with Crippen LogP contribution in [0.25, 0.3) is 0 Å². The molecule has 5 nitrogen and oxygen atoms in total. The fraction of sp³-hybridized carbons (Fsp3) is 0.364. The van der Waals surface area contributed by atoms with E-state index in [4.69, 9.17) is 9.47 Å². The van der Waals surface area contributed by atoms with Crippen LogP contribution in [-0.2, 0) is 31.3 Å². The van der Waals surface area contributed by atoms with Crippen LogP contribution in [0.2, 0.25) is 0 Å². The molecule has 2 rings (SSSR count). The molecule has 28 heavy (non-hydrogen) atoms. The molecular weight excluding hydrogens is 396 g/mol. The molecule has 2 saturated carbocycles. The van der Waals surface area contributed by atoms with Gasteiger partial charge in [0.1, 0.15) is 12.7 Å². The van der Waals surface area contributed by atoms with Crippen molar-refractivity contribution < 1.29 is 31.3 Å². The van der Waals surface area contributed by atoms with Crippen molar-refractivity contribution in [2.45, 2.75) is 20.8 Å². The second kappa shape index (κ2) is 16.9. The van der Waals surface area contributed by atoms with E-state index < -0.39 is 5.97 Å². The van der Waals surface area contributed by atoms with Gasteiger partial charge >= 0.3 is 23.0 Å². The van der Waals surface area contributed by atoms with Gasteiger partial charge in [-0.05, 0) is 70.6 Å². The molecule has 2 aliphatic rings. The van der Waals surface area contributed by atoms with E-state index in [9.17, 15) is 10.1 Å². The number of hydrogen-bond acceptors (Lipinski definition) is 5. The second-order valence-corrected chi connectivity index (χ2v) is 6.00. The van der Waals surface area contributed by atoms with E-state index in [0.717, 1.165) is 5.92 Å².